The van der Waals surface area contributed by atoms with Crippen LogP contribution in [0.15, 0.2) is 22.7 Å². The zero-order chi connectivity index (χ0) is 15.5. The summed E-state index contributed by atoms with van der Waals surface area (Å²) in [7, 11) is 0. The number of nitrogens with two attached hydrogens (primary N) is 1. The molecule has 21 heavy (non-hydrogen) atoms. The van der Waals surface area contributed by atoms with Crippen molar-refractivity contribution in [2.45, 2.75) is 57.5 Å². The fourth-order valence-electron chi connectivity index (χ4n) is 3.06. The monoisotopic (exact) mass is 372 g/mol. The standard InChI is InChI=1S/C17H26BrClN2/c1-17(2,21-9-5-3-4-6-10-21)16(20)11-13-7-8-14(18)12-15(13)19/h7-8,12,16H,3-6,9-11,20H2,1-2H3. The molecule has 4 heteroatoms. The van der Waals surface area contributed by atoms with Gasteiger partial charge in [0.1, 0.15) is 0 Å². The van der Waals surface area contributed by atoms with Crippen molar-refractivity contribution >= 4 is 27.5 Å². The van der Waals surface area contributed by atoms with Crippen LogP contribution in [0.4, 0.5) is 0 Å². The predicted octanol–water partition coefficient (Wildman–Crippen LogP) is 4.63. The second-order valence-electron chi connectivity index (χ2n) is 6.60. The summed E-state index contributed by atoms with van der Waals surface area (Å²) in [5.41, 5.74) is 7.70. The molecular weight excluding hydrogens is 348 g/mol. The number of rotatable bonds is 4. The highest BCUT2D eigenvalue weighted by Crippen LogP contribution is 2.27. The van der Waals surface area contributed by atoms with Gasteiger partial charge in [0.15, 0.2) is 0 Å². The lowest BCUT2D eigenvalue weighted by molar-refractivity contribution is 0.0979. The zero-order valence-electron chi connectivity index (χ0n) is 13.0. The van der Waals surface area contributed by atoms with E-state index in [1.807, 2.05) is 12.1 Å². The van der Waals surface area contributed by atoms with Crippen molar-refractivity contribution in [3.05, 3.63) is 33.3 Å². The summed E-state index contributed by atoms with van der Waals surface area (Å²) in [6, 6.07) is 6.13. The molecule has 0 aliphatic carbocycles. The molecule has 1 fully saturated rings. The Balaban J connectivity index is 2.07. The van der Waals surface area contributed by atoms with Gasteiger partial charge in [-0.05, 0) is 63.9 Å². The Labute approximate surface area is 142 Å². The number of benzene rings is 1. The molecule has 2 rings (SSSR count). The molecule has 0 spiro atoms. The summed E-state index contributed by atoms with van der Waals surface area (Å²) in [5, 5.41) is 0.798. The second kappa shape index (κ2) is 7.45. The average Bonchev–Trinajstić information content (AvgIpc) is 2.71. The van der Waals surface area contributed by atoms with Crippen molar-refractivity contribution in [1.29, 1.82) is 0 Å². The van der Waals surface area contributed by atoms with Crippen molar-refractivity contribution in [1.82, 2.24) is 4.90 Å². The van der Waals surface area contributed by atoms with Crippen LogP contribution >= 0.6 is 27.5 Å². The van der Waals surface area contributed by atoms with Crippen molar-refractivity contribution < 1.29 is 0 Å². The number of likely N-dealkylation sites (tertiary alicyclic amines) is 1. The van der Waals surface area contributed by atoms with Crippen LogP contribution in [-0.2, 0) is 6.42 Å². The molecule has 1 aliphatic heterocycles. The van der Waals surface area contributed by atoms with E-state index >= 15 is 0 Å². The quantitative estimate of drug-likeness (QED) is 0.834. The van der Waals surface area contributed by atoms with E-state index in [0.717, 1.165) is 34.6 Å². The van der Waals surface area contributed by atoms with Crippen LogP contribution in [0.2, 0.25) is 5.02 Å². The topological polar surface area (TPSA) is 29.3 Å². The maximum atomic E-state index is 6.56. The third-order valence-corrected chi connectivity index (χ3v) is 5.63. The van der Waals surface area contributed by atoms with E-state index in [-0.39, 0.29) is 11.6 Å². The van der Waals surface area contributed by atoms with E-state index in [2.05, 4.69) is 40.7 Å². The lowest BCUT2D eigenvalue weighted by atomic mass is 9.88. The van der Waals surface area contributed by atoms with Crippen LogP contribution in [0.5, 0.6) is 0 Å². The van der Waals surface area contributed by atoms with Crippen molar-refractivity contribution in [2.75, 3.05) is 13.1 Å². The molecule has 1 heterocycles. The van der Waals surface area contributed by atoms with Gasteiger partial charge in [-0.25, -0.2) is 0 Å². The molecule has 1 atom stereocenters. The van der Waals surface area contributed by atoms with E-state index in [4.69, 9.17) is 17.3 Å². The molecule has 118 valence electrons. The molecule has 0 radical (unpaired) electrons. The van der Waals surface area contributed by atoms with E-state index in [1.165, 1.54) is 25.7 Å². The minimum Gasteiger partial charge on any atom is -0.326 e. The largest absolute Gasteiger partial charge is 0.326 e. The van der Waals surface area contributed by atoms with Gasteiger partial charge in [-0.2, -0.15) is 0 Å². The Morgan fingerprint density at radius 3 is 2.43 bits per heavy atom. The van der Waals surface area contributed by atoms with Crippen LogP contribution in [0.3, 0.4) is 0 Å². The van der Waals surface area contributed by atoms with Gasteiger partial charge in [0.05, 0.1) is 0 Å². The van der Waals surface area contributed by atoms with Crippen LogP contribution < -0.4 is 5.73 Å². The van der Waals surface area contributed by atoms with Crippen LogP contribution in [0.1, 0.15) is 45.1 Å². The van der Waals surface area contributed by atoms with Crippen molar-refractivity contribution in [3.8, 4) is 0 Å². The average molecular weight is 374 g/mol. The molecule has 1 unspecified atom stereocenters. The third-order valence-electron chi connectivity index (χ3n) is 4.78. The van der Waals surface area contributed by atoms with Gasteiger partial charge >= 0.3 is 0 Å². The molecule has 1 aromatic carbocycles. The molecule has 2 N–H and O–H groups in total. The molecule has 0 saturated carbocycles. The summed E-state index contributed by atoms with van der Waals surface area (Å²) in [6.45, 7) is 6.87. The highest BCUT2D eigenvalue weighted by atomic mass is 79.9. The normalized spacial score (nSPS) is 19.3. The fraction of sp³-hybridized carbons (Fsp3) is 0.647. The van der Waals surface area contributed by atoms with Gasteiger partial charge < -0.3 is 5.73 Å². The van der Waals surface area contributed by atoms with Crippen molar-refractivity contribution in [3.63, 3.8) is 0 Å². The number of halogens is 2. The molecule has 2 nitrogen and oxygen atoms in total. The summed E-state index contributed by atoms with van der Waals surface area (Å²) >= 11 is 9.79. The first kappa shape index (κ1) is 17.3. The molecule has 0 amide bonds. The fourth-order valence-corrected chi connectivity index (χ4v) is 3.81. The summed E-state index contributed by atoms with van der Waals surface area (Å²) in [6.07, 6.45) is 6.08. The predicted molar refractivity (Wildman–Crippen MR) is 95.0 cm³/mol. The molecule has 0 aromatic heterocycles. The lowest BCUT2D eigenvalue weighted by Gasteiger charge is -2.42. The molecule has 1 aliphatic rings. The van der Waals surface area contributed by atoms with E-state index < -0.39 is 0 Å². The first-order valence-electron chi connectivity index (χ1n) is 7.86. The molecular formula is C17H26BrClN2. The Morgan fingerprint density at radius 2 is 1.86 bits per heavy atom. The van der Waals surface area contributed by atoms with Crippen molar-refractivity contribution in [2.24, 2.45) is 5.73 Å². The summed E-state index contributed by atoms with van der Waals surface area (Å²) in [4.78, 5) is 2.57. The highest BCUT2D eigenvalue weighted by Gasteiger charge is 2.33. The highest BCUT2D eigenvalue weighted by molar-refractivity contribution is 9.10. The Hall–Kier alpha value is -0.0900. The summed E-state index contributed by atoms with van der Waals surface area (Å²) < 4.78 is 1.01. The molecule has 0 bridgehead atoms. The second-order valence-corrected chi connectivity index (χ2v) is 7.92. The van der Waals surface area contributed by atoms with E-state index in [0.29, 0.717) is 0 Å². The first-order chi connectivity index (χ1) is 9.91. The zero-order valence-corrected chi connectivity index (χ0v) is 15.4. The van der Waals surface area contributed by atoms with E-state index in [9.17, 15) is 0 Å². The van der Waals surface area contributed by atoms with Gasteiger partial charge in [-0.3, -0.25) is 4.90 Å². The number of nitrogens with zero attached hydrogens (tertiary/aromatic N) is 1. The number of hydrogen-bond acceptors (Lipinski definition) is 2. The van der Waals surface area contributed by atoms with Gasteiger partial charge in [-0.1, -0.05) is 46.4 Å². The Bertz CT molecular complexity index is 468. The van der Waals surface area contributed by atoms with Crippen LogP contribution in [-0.4, -0.2) is 29.6 Å². The first-order valence-corrected chi connectivity index (χ1v) is 9.03. The molecule has 1 aromatic rings. The van der Waals surface area contributed by atoms with Gasteiger partial charge in [0.25, 0.3) is 0 Å². The minimum absolute atomic E-state index is 0.000737. The van der Waals surface area contributed by atoms with Crippen LogP contribution in [0.25, 0.3) is 0 Å². The Kier molecular flexibility index (Phi) is 6.13. The third kappa shape index (κ3) is 4.44. The van der Waals surface area contributed by atoms with Crippen LogP contribution in [0, 0.1) is 0 Å². The van der Waals surface area contributed by atoms with Gasteiger partial charge in [0, 0.05) is 21.1 Å². The molecule has 1 saturated heterocycles. The smallest absolute Gasteiger partial charge is 0.0449 e. The van der Waals surface area contributed by atoms with Gasteiger partial charge in [-0.15, -0.1) is 0 Å². The van der Waals surface area contributed by atoms with Gasteiger partial charge in [0.2, 0.25) is 0 Å². The maximum absolute atomic E-state index is 6.56. The Morgan fingerprint density at radius 1 is 1.24 bits per heavy atom. The minimum atomic E-state index is 0.000737. The SMILES string of the molecule is CC(C)(C(N)Cc1ccc(Br)cc1Cl)N1CCCCCC1. The number of hydrogen-bond donors (Lipinski definition) is 1. The lowest BCUT2D eigenvalue weighted by Crippen LogP contribution is -2.57. The summed E-state index contributed by atoms with van der Waals surface area (Å²) in [5.74, 6) is 0. The van der Waals surface area contributed by atoms with E-state index in [1.54, 1.807) is 0 Å². The maximum Gasteiger partial charge on any atom is 0.0449 e.